The summed E-state index contributed by atoms with van der Waals surface area (Å²) in [5, 5.41) is 6.07. The fourth-order valence-corrected chi connectivity index (χ4v) is 5.95. The molecule has 3 heterocycles. The van der Waals surface area contributed by atoms with Crippen molar-refractivity contribution in [3.05, 3.63) is 30.1 Å². The Morgan fingerprint density at radius 1 is 1.11 bits per heavy atom. The van der Waals surface area contributed by atoms with E-state index in [0.717, 1.165) is 57.3 Å². The first-order valence-electron chi connectivity index (χ1n) is 12.5. The van der Waals surface area contributed by atoms with E-state index < -0.39 is 11.7 Å². The number of rotatable bonds is 6. The average molecular weight is 505 g/mol. The first-order valence-corrected chi connectivity index (χ1v) is 12.5. The Labute approximate surface area is 207 Å². The highest BCUT2D eigenvalue weighted by Gasteiger charge is 2.39. The molecule has 2 amide bonds. The van der Waals surface area contributed by atoms with Crippen molar-refractivity contribution in [2.45, 2.75) is 62.8 Å². The number of anilines is 1. The maximum atomic E-state index is 13.1. The average Bonchev–Trinajstić information content (AvgIpc) is 3.17. The summed E-state index contributed by atoms with van der Waals surface area (Å²) < 4.78 is 39.3. The van der Waals surface area contributed by atoms with Crippen LogP contribution in [0.5, 0.6) is 0 Å². The maximum absolute atomic E-state index is 13.1. The largest absolute Gasteiger partial charge is 0.416 e. The molecule has 1 saturated carbocycles. The summed E-state index contributed by atoms with van der Waals surface area (Å²) in [7, 11) is 1.93. The van der Waals surface area contributed by atoms with E-state index in [1.54, 1.807) is 0 Å². The van der Waals surface area contributed by atoms with E-state index in [1.807, 2.05) is 11.9 Å². The lowest BCUT2D eigenvalue weighted by Gasteiger charge is -2.47. The smallest absolute Gasteiger partial charge is 0.360 e. The van der Waals surface area contributed by atoms with Gasteiger partial charge in [-0.15, -0.1) is 0 Å². The Balaban J connectivity index is 1.07. The molecule has 2 saturated heterocycles. The SMILES string of the molecule is CN1C(=O)CCC1[C@H]1CC[C@H](N2CC(NC(=O)CNc3ncnc4ccc(C(F)(F)F)cc34)C2)CC1. The van der Waals surface area contributed by atoms with E-state index in [1.165, 1.54) is 12.4 Å². The van der Waals surface area contributed by atoms with Crippen LogP contribution in [-0.2, 0) is 15.8 Å². The number of nitrogens with zero attached hydrogens (tertiary/aromatic N) is 4. The number of aromatic nitrogens is 2. The quantitative estimate of drug-likeness (QED) is 0.629. The number of alkyl halides is 3. The minimum absolute atomic E-state index is 0.0644. The zero-order valence-electron chi connectivity index (χ0n) is 20.2. The maximum Gasteiger partial charge on any atom is 0.416 e. The van der Waals surface area contributed by atoms with Crippen LogP contribution in [0.1, 0.15) is 44.1 Å². The van der Waals surface area contributed by atoms with Gasteiger partial charge in [0.15, 0.2) is 0 Å². The second-order valence-electron chi connectivity index (χ2n) is 10.2. The lowest BCUT2D eigenvalue weighted by Crippen LogP contribution is -2.63. The predicted molar refractivity (Wildman–Crippen MR) is 128 cm³/mol. The van der Waals surface area contributed by atoms with Crippen LogP contribution in [0, 0.1) is 5.92 Å². The van der Waals surface area contributed by atoms with Gasteiger partial charge in [-0.2, -0.15) is 13.2 Å². The van der Waals surface area contributed by atoms with Gasteiger partial charge in [0.05, 0.1) is 23.7 Å². The molecule has 3 fully saturated rings. The van der Waals surface area contributed by atoms with Crippen molar-refractivity contribution in [2.24, 2.45) is 5.92 Å². The van der Waals surface area contributed by atoms with E-state index in [0.29, 0.717) is 29.9 Å². The van der Waals surface area contributed by atoms with Crippen LogP contribution in [0.2, 0.25) is 0 Å². The minimum atomic E-state index is -4.47. The fraction of sp³-hybridized carbons (Fsp3) is 0.600. The third-order valence-electron chi connectivity index (χ3n) is 8.00. The summed E-state index contributed by atoms with van der Waals surface area (Å²) in [4.78, 5) is 36.7. The first kappa shape index (κ1) is 24.7. The van der Waals surface area contributed by atoms with Gasteiger partial charge in [-0.25, -0.2) is 9.97 Å². The highest BCUT2D eigenvalue weighted by atomic mass is 19.4. The Bertz CT molecular complexity index is 1130. The monoisotopic (exact) mass is 504 g/mol. The number of amides is 2. The molecule has 8 nitrogen and oxygen atoms in total. The molecule has 2 aromatic rings. The zero-order valence-corrected chi connectivity index (χ0v) is 20.2. The molecule has 1 aliphatic carbocycles. The van der Waals surface area contributed by atoms with Crippen molar-refractivity contribution < 1.29 is 22.8 Å². The zero-order chi connectivity index (χ0) is 25.4. The molecular weight excluding hydrogens is 473 g/mol. The number of likely N-dealkylation sites (tertiary alicyclic amines) is 2. The number of halogens is 3. The van der Waals surface area contributed by atoms with Crippen LogP contribution in [0.3, 0.4) is 0 Å². The van der Waals surface area contributed by atoms with E-state index in [2.05, 4.69) is 25.5 Å². The predicted octanol–water partition coefficient (Wildman–Crippen LogP) is 3.04. The van der Waals surface area contributed by atoms with Crippen molar-refractivity contribution >= 4 is 28.5 Å². The summed E-state index contributed by atoms with van der Waals surface area (Å²) in [5.74, 6) is 0.821. The van der Waals surface area contributed by atoms with Gasteiger partial charge in [-0.3, -0.25) is 14.5 Å². The Kier molecular flexibility index (Phi) is 6.76. The number of hydrogen-bond acceptors (Lipinski definition) is 6. The molecule has 36 heavy (non-hydrogen) atoms. The molecule has 2 aliphatic heterocycles. The highest BCUT2D eigenvalue weighted by molar-refractivity contribution is 5.91. The molecule has 0 radical (unpaired) electrons. The third-order valence-corrected chi connectivity index (χ3v) is 8.00. The number of fused-ring (bicyclic) bond motifs is 1. The van der Waals surface area contributed by atoms with Crippen molar-refractivity contribution in [1.82, 2.24) is 25.1 Å². The molecular formula is C25H31F3N6O2. The van der Waals surface area contributed by atoms with E-state index in [9.17, 15) is 22.8 Å². The van der Waals surface area contributed by atoms with E-state index in [4.69, 9.17) is 0 Å². The molecule has 1 aromatic heterocycles. The van der Waals surface area contributed by atoms with Crippen LogP contribution in [0.4, 0.5) is 19.0 Å². The number of carbonyl (C=O) groups excluding carboxylic acids is 2. The van der Waals surface area contributed by atoms with Gasteiger partial charge in [0.25, 0.3) is 0 Å². The van der Waals surface area contributed by atoms with Crippen LogP contribution in [0.15, 0.2) is 24.5 Å². The molecule has 194 valence electrons. The van der Waals surface area contributed by atoms with Crippen molar-refractivity contribution in [2.75, 3.05) is 32.0 Å². The molecule has 5 rings (SSSR count). The highest BCUT2D eigenvalue weighted by Crippen LogP contribution is 2.37. The first-order chi connectivity index (χ1) is 17.2. The molecule has 1 atom stereocenters. The standard InChI is InChI=1S/C25H31F3N6O2/c1-33-21(8-9-23(33)36)15-2-5-18(6-3-15)34-12-17(13-34)32-22(35)11-29-24-19-10-16(25(26,27)28)4-7-20(19)30-14-31-24/h4,7,10,14-15,17-18,21H,2-3,5-6,8-9,11-13H2,1H3,(H,32,35)(H,29,30,31)/t15-,18-,21?. The fourth-order valence-electron chi connectivity index (χ4n) is 5.95. The second-order valence-corrected chi connectivity index (χ2v) is 10.2. The van der Waals surface area contributed by atoms with E-state index >= 15 is 0 Å². The Morgan fingerprint density at radius 3 is 2.53 bits per heavy atom. The summed E-state index contributed by atoms with van der Waals surface area (Å²) in [6.07, 6.45) is 2.94. The van der Waals surface area contributed by atoms with Crippen molar-refractivity contribution in [3.63, 3.8) is 0 Å². The van der Waals surface area contributed by atoms with Gasteiger partial charge >= 0.3 is 6.18 Å². The van der Waals surface area contributed by atoms with Crippen LogP contribution >= 0.6 is 0 Å². The molecule has 0 bridgehead atoms. The molecule has 3 aliphatic rings. The summed E-state index contributed by atoms with van der Waals surface area (Å²) in [6, 6.07) is 4.25. The van der Waals surface area contributed by atoms with Gasteiger partial charge in [0.2, 0.25) is 11.8 Å². The van der Waals surface area contributed by atoms with Gasteiger partial charge in [-0.05, 0) is 56.2 Å². The minimum Gasteiger partial charge on any atom is -0.360 e. The van der Waals surface area contributed by atoms with Crippen LogP contribution in [-0.4, -0.2) is 76.4 Å². The molecule has 0 spiro atoms. The molecule has 11 heteroatoms. The van der Waals surface area contributed by atoms with Crippen molar-refractivity contribution in [1.29, 1.82) is 0 Å². The number of hydrogen-bond donors (Lipinski definition) is 2. The van der Waals surface area contributed by atoms with Crippen LogP contribution in [0.25, 0.3) is 10.9 Å². The van der Waals surface area contributed by atoms with Gasteiger partial charge in [0.1, 0.15) is 12.1 Å². The van der Waals surface area contributed by atoms with Gasteiger partial charge < -0.3 is 15.5 Å². The number of benzene rings is 1. The molecule has 1 unspecified atom stereocenters. The summed E-state index contributed by atoms with van der Waals surface area (Å²) in [6.45, 7) is 1.51. The summed E-state index contributed by atoms with van der Waals surface area (Å²) in [5.41, 5.74) is -0.416. The third kappa shape index (κ3) is 5.11. The molecule has 1 aromatic carbocycles. The lowest BCUT2D eigenvalue weighted by molar-refractivity contribution is -0.137. The summed E-state index contributed by atoms with van der Waals surface area (Å²) >= 11 is 0. The topological polar surface area (TPSA) is 90.5 Å². The Hall–Kier alpha value is -2.95. The second kappa shape index (κ2) is 9.84. The molecule has 2 N–H and O–H groups in total. The lowest BCUT2D eigenvalue weighted by atomic mass is 9.79. The Morgan fingerprint density at radius 2 is 1.86 bits per heavy atom. The van der Waals surface area contributed by atoms with Crippen molar-refractivity contribution in [3.8, 4) is 0 Å². The van der Waals surface area contributed by atoms with Gasteiger partial charge in [0, 0.05) is 44.0 Å². The van der Waals surface area contributed by atoms with Crippen LogP contribution < -0.4 is 10.6 Å². The van der Waals surface area contributed by atoms with Gasteiger partial charge in [-0.1, -0.05) is 0 Å². The number of carbonyl (C=O) groups is 2. The normalized spacial score (nSPS) is 25.7. The van der Waals surface area contributed by atoms with E-state index in [-0.39, 0.29) is 35.6 Å². The number of nitrogens with one attached hydrogen (secondary N) is 2.